The molecule has 3 rings (SSSR count). The molecule has 0 saturated carbocycles. The predicted molar refractivity (Wildman–Crippen MR) is 161 cm³/mol. The lowest BCUT2D eigenvalue weighted by molar-refractivity contribution is -0.142. The van der Waals surface area contributed by atoms with Crippen LogP contribution in [0.4, 0.5) is 0 Å². The normalized spacial score (nSPS) is 19.0. The Labute approximate surface area is 252 Å². The van der Waals surface area contributed by atoms with Gasteiger partial charge in [0, 0.05) is 33.0 Å². The Morgan fingerprint density at radius 2 is 1.52 bits per heavy atom. The number of likely N-dealkylation sites (N-methyl/N-ethyl adjacent to an activating group) is 1. The van der Waals surface area contributed by atoms with Gasteiger partial charge in [-0.3, -0.25) is 14.4 Å². The molecule has 14 heteroatoms. The number of aromatic hydroxyl groups is 2. The molecule has 0 spiro atoms. The number of phenolic OH excluding ortho intramolecular Hbond substituents is 2. The third kappa shape index (κ3) is 9.12. The summed E-state index contributed by atoms with van der Waals surface area (Å²) in [6.45, 7) is 0.728. The molecule has 11 nitrogen and oxygen atoms in total. The van der Waals surface area contributed by atoms with Crippen molar-refractivity contribution < 1.29 is 24.6 Å². The molecule has 10 N–H and O–H groups in total. The van der Waals surface area contributed by atoms with Crippen molar-refractivity contribution in [3.63, 3.8) is 0 Å². The molecule has 4 bridgehead atoms. The Bertz CT molecular complexity index is 1160. The molecule has 1 heterocycles. The zero-order chi connectivity index (χ0) is 27.1. The highest BCUT2D eigenvalue weighted by atomic mass is 35.5. The van der Waals surface area contributed by atoms with Gasteiger partial charge in [-0.05, 0) is 65.9 Å². The Morgan fingerprint density at radius 3 is 2.05 bits per heavy atom. The van der Waals surface area contributed by atoms with E-state index in [1.54, 1.807) is 24.3 Å². The SMILES string of the molecule is CN1C(=O)[C@H](CCCN)NC(=O)[C@@H](N)Cc2cc(ccc2O)-c2ccc(O)c(c2)C[C@H]1C(=O)NCCN.Cl.Cl.Cl. The zero-order valence-corrected chi connectivity index (χ0v) is 24.6. The highest BCUT2D eigenvalue weighted by molar-refractivity contribution is 5.93. The van der Waals surface area contributed by atoms with E-state index >= 15 is 0 Å². The second kappa shape index (κ2) is 17.1. The molecule has 2 aromatic carbocycles. The average molecular weight is 622 g/mol. The first-order valence-corrected chi connectivity index (χ1v) is 12.3. The number of hydrogen-bond donors (Lipinski definition) is 7. The first-order valence-electron chi connectivity index (χ1n) is 12.3. The lowest BCUT2D eigenvalue weighted by Crippen LogP contribution is -2.57. The van der Waals surface area contributed by atoms with Crippen molar-refractivity contribution in [1.29, 1.82) is 0 Å². The van der Waals surface area contributed by atoms with Crippen molar-refractivity contribution in [3.05, 3.63) is 47.5 Å². The van der Waals surface area contributed by atoms with E-state index in [0.29, 0.717) is 24.1 Å². The van der Waals surface area contributed by atoms with Crippen LogP contribution in [0.2, 0.25) is 0 Å². The van der Waals surface area contributed by atoms with Gasteiger partial charge in [0.25, 0.3) is 0 Å². The van der Waals surface area contributed by atoms with Gasteiger partial charge in [-0.2, -0.15) is 0 Å². The number of nitrogens with one attached hydrogen (secondary N) is 2. The van der Waals surface area contributed by atoms with E-state index < -0.39 is 35.8 Å². The van der Waals surface area contributed by atoms with E-state index in [4.69, 9.17) is 17.2 Å². The number of amides is 3. The quantitative estimate of drug-likeness (QED) is 0.243. The number of benzene rings is 2. The van der Waals surface area contributed by atoms with Gasteiger partial charge in [-0.15, -0.1) is 37.2 Å². The standard InChI is InChI=1S/C26H36N6O5.3ClH/c1-32-21(25(36)30-10-9-28)14-18-12-16(5-7-23(18)34)15-4-6-22(33)17(11-15)13-19(29)24(35)31-20(26(32)37)3-2-8-27;;;/h4-7,11-12,19-21,33-34H,2-3,8-10,13-14,27-29H2,1H3,(H,30,36)(H,31,35);3*1H/t19-,20-,21-;;;/m0.../s1. The molecular weight excluding hydrogens is 583 g/mol. The molecule has 0 fully saturated rings. The van der Waals surface area contributed by atoms with E-state index in [1.807, 2.05) is 0 Å². The molecule has 3 atom stereocenters. The number of fused-ring (bicyclic) bond motifs is 5. The lowest BCUT2D eigenvalue weighted by atomic mass is 9.95. The predicted octanol–water partition coefficient (Wildman–Crippen LogP) is 0.582. The Morgan fingerprint density at radius 1 is 0.975 bits per heavy atom. The van der Waals surface area contributed by atoms with Crippen molar-refractivity contribution in [2.75, 3.05) is 26.7 Å². The minimum Gasteiger partial charge on any atom is -0.508 e. The van der Waals surface area contributed by atoms with Gasteiger partial charge in [0.2, 0.25) is 17.7 Å². The maximum Gasteiger partial charge on any atom is 0.245 e. The summed E-state index contributed by atoms with van der Waals surface area (Å²) in [6.07, 6.45) is 0.751. The molecule has 1 aliphatic heterocycles. The number of nitrogens with zero attached hydrogens (tertiary/aromatic N) is 1. The molecule has 40 heavy (non-hydrogen) atoms. The zero-order valence-electron chi connectivity index (χ0n) is 22.2. The fraction of sp³-hybridized carbons (Fsp3) is 0.423. The van der Waals surface area contributed by atoms with E-state index in [0.717, 1.165) is 11.1 Å². The summed E-state index contributed by atoms with van der Waals surface area (Å²) in [4.78, 5) is 41.0. The van der Waals surface area contributed by atoms with Gasteiger partial charge >= 0.3 is 0 Å². The Hall–Kier alpha value is -2.80. The highest BCUT2D eigenvalue weighted by Crippen LogP contribution is 2.31. The van der Waals surface area contributed by atoms with Crippen LogP contribution in [0.5, 0.6) is 11.5 Å². The average Bonchev–Trinajstić information content (AvgIpc) is 2.89. The van der Waals surface area contributed by atoms with Gasteiger partial charge in [0.1, 0.15) is 23.6 Å². The molecule has 0 saturated heterocycles. The summed E-state index contributed by atoms with van der Waals surface area (Å²) in [6, 6.07) is 6.92. The van der Waals surface area contributed by atoms with Gasteiger partial charge in [-0.1, -0.05) is 12.1 Å². The molecule has 1 aliphatic rings. The molecule has 0 radical (unpaired) electrons. The maximum atomic E-state index is 13.6. The molecule has 0 unspecified atom stereocenters. The molecule has 3 amide bonds. The van der Waals surface area contributed by atoms with Crippen LogP contribution in [0.25, 0.3) is 11.1 Å². The summed E-state index contributed by atoms with van der Waals surface area (Å²) in [5, 5.41) is 26.4. The van der Waals surface area contributed by atoms with E-state index in [1.165, 1.54) is 24.1 Å². The summed E-state index contributed by atoms with van der Waals surface area (Å²) in [5.74, 6) is -1.54. The van der Waals surface area contributed by atoms with E-state index in [9.17, 15) is 24.6 Å². The third-order valence-corrected chi connectivity index (χ3v) is 6.56. The van der Waals surface area contributed by atoms with E-state index in [-0.39, 0.29) is 81.1 Å². The Balaban J connectivity index is 0.00000507. The number of phenols is 2. The van der Waals surface area contributed by atoms with Crippen LogP contribution in [-0.4, -0.2) is 77.6 Å². The van der Waals surface area contributed by atoms with Gasteiger partial charge in [0.05, 0.1) is 6.04 Å². The molecule has 224 valence electrons. The maximum absolute atomic E-state index is 13.6. The topological polar surface area (TPSA) is 197 Å². The second-order valence-electron chi connectivity index (χ2n) is 9.24. The second-order valence-corrected chi connectivity index (χ2v) is 9.24. The van der Waals surface area contributed by atoms with E-state index in [2.05, 4.69) is 10.6 Å². The lowest BCUT2D eigenvalue weighted by Gasteiger charge is -2.31. The van der Waals surface area contributed by atoms with Gasteiger partial charge < -0.3 is 42.9 Å². The summed E-state index contributed by atoms with van der Waals surface area (Å²) >= 11 is 0. The highest BCUT2D eigenvalue weighted by Gasteiger charge is 2.33. The van der Waals surface area contributed by atoms with Crippen molar-refractivity contribution in [3.8, 4) is 22.6 Å². The number of rotatable bonds is 6. The summed E-state index contributed by atoms with van der Waals surface area (Å²) in [5.41, 5.74) is 19.7. The first-order chi connectivity index (χ1) is 17.7. The fourth-order valence-electron chi connectivity index (χ4n) is 4.37. The van der Waals surface area contributed by atoms with Crippen LogP contribution in [0.3, 0.4) is 0 Å². The van der Waals surface area contributed by atoms with Crippen molar-refractivity contribution in [2.24, 2.45) is 17.2 Å². The van der Waals surface area contributed by atoms with Crippen LogP contribution in [-0.2, 0) is 27.2 Å². The van der Waals surface area contributed by atoms with Crippen LogP contribution < -0.4 is 27.8 Å². The van der Waals surface area contributed by atoms with Crippen LogP contribution >= 0.6 is 37.2 Å². The van der Waals surface area contributed by atoms with Crippen LogP contribution in [0.15, 0.2) is 36.4 Å². The van der Waals surface area contributed by atoms with Crippen molar-refractivity contribution >= 4 is 54.9 Å². The fourth-order valence-corrected chi connectivity index (χ4v) is 4.37. The number of hydrogen-bond acceptors (Lipinski definition) is 8. The Kier molecular flexibility index (Phi) is 15.9. The minimum atomic E-state index is -1.04. The first kappa shape index (κ1) is 37.2. The van der Waals surface area contributed by atoms with Crippen LogP contribution in [0.1, 0.15) is 24.0 Å². The largest absolute Gasteiger partial charge is 0.508 e. The number of halogens is 3. The van der Waals surface area contributed by atoms with Gasteiger partial charge in [-0.25, -0.2) is 0 Å². The summed E-state index contributed by atoms with van der Waals surface area (Å²) in [7, 11) is 1.48. The number of carbonyl (C=O) groups is 3. The smallest absolute Gasteiger partial charge is 0.245 e. The molecular formula is C26H39Cl3N6O5. The summed E-state index contributed by atoms with van der Waals surface area (Å²) < 4.78 is 0. The number of nitrogens with two attached hydrogens (primary N) is 3. The third-order valence-electron chi connectivity index (χ3n) is 6.56. The van der Waals surface area contributed by atoms with Crippen molar-refractivity contribution in [1.82, 2.24) is 15.5 Å². The minimum absolute atomic E-state index is 0. The molecule has 0 aliphatic carbocycles. The van der Waals surface area contributed by atoms with Crippen LogP contribution in [0, 0.1) is 0 Å². The molecule has 2 aromatic rings. The monoisotopic (exact) mass is 620 g/mol. The molecule has 0 aromatic heterocycles. The van der Waals surface area contributed by atoms with Crippen molar-refractivity contribution in [2.45, 2.75) is 43.8 Å². The van der Waals surface area contributed by atoms with Gasteiger partial charge in [0.15, 0.2) is 0 Å². The number of carbonyl (C=O) groups excluding carboxylic acids is 3.